The molecule has 0 saturated carbocycles. The van der Waals surface area contributed by atoms with Crippen LogP contribution in [0.2, 0.25) is 0 Å². The van der Waals surface area contributed by atoms with Crippen LogP contribution >= 0.6 is 0 Å². The first-order chi connectivity index (χ1) is 33.2. The van der Waals surface area contributed by atoms with Crippen LogP contribution in [0, 0.1) is 12.9 Å². The van der Waals surface area contributed by atoms with Crippen LogP contribution in [0.25, 0.3) is 83.9 Å². The number of rotatable bonds is 10. The molecule has 0 radical (unpaired) electrons. The number of nitrogens with zero attached hydrogens (tertiary/aromatic N) is 3. The summed E-state index contributed by atoms with van der Waals surface area (Å²) in [5.41, 5.74) is 16.3. The van der Waals surface area contributed by atoms with E-state index in [1.165, 1.54) is 5.56 Å². The van der Waals surface area contributed by atoms with Gasteiger partial charge in [0.25, 0.3) is 0 Å². The molecule has 7 aromatic carbocycles. The molecule has 0 amide bonds. The summed E-state index contributed by atoms with van der Waals surface area (Å²) in [5, 5.41) is 12.3. The van der Waals surface area contributed by atoms with Crippen molar-refractivity contribution in [1.29, 1.82) is 0 Å². The van der Waals surface area contributed by atoms with Crippen molar-refractivity contribution in [1.82, 2.24) is 14.5 Å². The monoisotopic (exact) mass is 1060 g/mol. The molecule has 2 heterocycles. The minimum absolute atomic E-state index is 0. The average molecular weight is 1060 g/mol. The molecule has 67 heavy (non-hydrogen) atoms. The first-order valence-corrected chi connectivity index (χ1v) is 23.0. The minimum atomic E-state index is -2.19. The van der Waals surface area contributed by atoms with E-state index in [1.54, 1.807) is 18.3 Å². The number of phenols is 1. The predicted molar refractivity (Wildman–Crippen MR) is 278 cm³/mol. The molecule has 0 saturated heterocycles. The molecular weight excluding hydrogens is 998 g/mol. The van der Waals surface area contributed by atoms with E-state index in [2.05, 4.69) is 156 Å². The van der Waals surface area contributed by atoms with E-state index in [0.29, 0.717) is 22.6 Å². The minimum Gasteiger partial charge on any atom is -0.507 e. The topological polar surface area (TPSA) is 50.9 Å². The van der Waals surface area contributed by atoms with Gasteiger partial charge in [0.05, 0.1) is 16.6 Å². The normalized spacial score (nSPS) is 13.0. The third-order valence-electron chi connectivity index (χ3n) is 12.7. The van der Waals surface area contributed by atoms with E-state index in [4.69, 9.17) is 14.1 Å². The number of aromatic nitrogens is 3. The third-order valence-corrected chi connectivity index (χ3v) is 12.7. The molecule has 2 aromatic heterocycles. The third kappa shape index (κ3) is 9.34. The van der Waals surface area contributed by atoms with Crippen LogP contribution in [0.15, 0.2) is 158 Å². The molecule has 0 aliphatic heterocycles. The number of benzene rings is 7. The van der Waals surface area contributed by atoms with Crippen molar-refractivity contribution in [3.63, 3.8) is 0 Å². The number of hydrogen-bond donors (Lipinski definition) is 1. The summed E-state index contributed by atoms with van der Waals surface area (Å²) in [6, 6.07) is 54.6. The number of aromatic hydroxyl groups is 1. The molecule has 0 fully saturated rings. The van der Waals surface area contributed by atoms with Crippen molar-refractivity contribution in [3.8, 4) is 78.6 Å². The fourth-order valence-corrected chi connectivity index (χ4v) is 9.14. The maximum absolute atomic E-state index is 12.3. The molecule has 0 spiro atoms. The van der Waals surface area contributed by atoms with Gasteiger partial charge in [0, 0.05) is 44.1 Å². The number of phenolic OH excluding ortho intramolecular Hbond substituents is 1. The zero-order valence-electron chi connectivity index (χ0n) is 43.8. The van der Waals surface area contributed by atoms with Gasteiger partial charge < -0.3 is 5.11 Å². The van der Waals surface area contributed by atoms with Crippen LogP contribution in [-0.2, 0) is 26.5 Å². The maximum Gasteiger partial charge on any atom is 0.148 e. The zero-order chi connectivity index (χ0) is 49.9. The maximum atomic E-state index is 12.3. The van der Waals surface area contributed by atoms with Gasteiger partial charge in [-0.15, -0.1) is 23.8 Å². The van der Waals surface area contributed by atoms with E-state index >= 15 is 0 Å². The smallest absolute Gasteiger partial charge is 0.148 e. The second kappa shape index (κ2) is 19.1. The van der Waals surface area contributed by atoms with Crippen molar-refractivity contribution in [3.05, 3.63) is 192 Å². The number of aryl methyl sites for hydroxylation is 1. The van der Waals surface area contributed by atoms with Crippen LogP contribution in [0.4, 0.5) is 0 Å². The Balaban J connectivity index is 0.00000676. The second-order valence-corrected chi connectivity index (χ2v) is 19.4. The first-order valence-electron chi connectivity index (χ1n) is 25.0. The molecule has 4 nitrogen and oxygen atoms in total. The van der Waals surface area contributed by atoms with Gasteiger partial charge in [-0.1, -0.05) is 194 Å². The predicted octanol–water partition coefficient (Wildman–Crippen LogP) is 16.9. The Labute approximate surface area is 417 Å². The summed E-state index contributed by atoms with van der Waals surface area (Å²) < 4.78 is 35.4. The number of imidazole rings is 1. The largest absolute Gasteiger partial charge is 0.507 e. The van der Waals surface area contributed by atoms with Crippen molar-refractivity contribution >= 4 is 11.0 Å². The fraction of sp³-hybridized carbons (Fsp3) is 0.226. The van der Waals surface area contributed by atoms with Gasteiger partial charge in [-0.3, -0.25) is 9.55 Å². The molecule has 1 N–H and O–H groups in total. The summed E-state index contributed by atoms with van der Waals surface area (Å²) in [6.07, 6.45) is 1.78. The first kappa shape index (κ1) is 42.0. The molecule has 9 rings (SSSR count). The Kier molecular flexibility index (Phi) is 12.0. The van der Waals surface area contributed by atoms with Gasteiger partial charge in [-0.25, -0.2) is 4.98 Å². The Bertz CT molecular complexity index is 3400. The van der Waals surface area contributed by atoms with E-state index in [1.807, 2.05) is 56.3 Å². The van der Waals surface area contributed by atoms with Crippen molar-refractivity contribution in [2.45, 2.75) is 92.3 Å². The van der Waals surface area contributed by atoms with Gasteiger partial charge >= 0.3 is 0 Å². The Morgan fingerprint density at radius 2 is 1.31 bits per heavy atom. The van der Waals surface area contributed by atoms with Gasteiger partial charge in [-0.2, -0.15) is 0 Å². The number of fused-ring (bicyclic) bond motifs is 1. The zero-order valence-corrected chi connectivity index (χ0v) is 42.0. The standard InChI is InChI=1S/C62H60N3O.Pt/c1-38(2)45-34-54(40(5)6)60(66)55(35-45)61-64-59-50(20-16-22-58(59)65(61)49-27-28-51(53(37-49)39(3)4)52-19-14-15-21-56(52)62(8,9)10)47-31-46(42-17-12-11-13-18-42)32-48(33-47)57-36-44(29-30-63-57)43-25-23-41(7)24-26-43;/h11-32,34-40,66H,1-10H3;/q-1;/i7D3,39D;. The summed E-state index contributed by atoms with van der Waals surface area (Å²) in [6.45, 7) is 16.9. The molecule has 0 atom stereocenters. The molecule has 0 unspecified atom stereocenters. The summed E-state index contributed by atoms with van der Waals surface area (Å²) in [5.74, 6) is 0.0707. The van der Waals surface area contributed by atoms with Crippen molar-refractivity contribution < 1.29 is 31.7 Å². The van der Waals surface area contributed by atoms with Crippen molar-refractivity contribution in [2.24, 2.45) is 0 Å². The SMILES string of the molecule is [2H]C([2H])([2H])c1ccc(-c2ccnc(-c3[c-]c(-c4cccc5c4nc(-c4cc(C(C)C)cc(C(C)C)c4O)n5-c4ccc(-c5ccccc5C(C)(C)C)c(C([2H])(C)C)c4)cc(-c4ccccc4)c3)c2)cc1.[Pt]. The van der Waals surface area contributed by atoms with Crippen molar-refractivity contribution in [2.75, 3.05) is 0 Å². The van der Waals surface area contributed by atoms with Crippen LogP contribution in [0.1, 0.15) is 113 Å². The fourth-order valence-electron chi connectivity index (χ4n) is 9.14. The van der Waals surface area contributed by atoms with Crippen LogP contribution in [0.5, 0.6) is 5.75 Å². The van der Waals surface area contributed by atoms with Gasteiger partial charge in [-0.05, 0) is 110 Å². The molecule has 9 aromatic rings. The van der Waals surface area contributed by atoms with Gasteiger partial charge in [0.15, 0.2) is 0 Å². The number of hydrogen-bond acceptors (Lipinski definition) is 3. The molecule has 0 aliphatic rings. The Morgan fingerprint density at radius 1 is 0.612 bits per heavy atom. The van der Waals surface area contributed by atoms with E-state index in [9.17, 15) is 6.48 Å². The molecule has 0 aliphatic carbocycles. The molecular formula is C62H60N3OPt-. The molecule has 0 bridgehead atoms. The van der Waals surface area contributed by atoms with E-state index in [0.717, 1.165) is 83.5 Å². The Hall–Kier alpha value is -6.35. The summed E-state index contributed by atoms with van der Waals surface area (Å²) in [4.78, 5) is 10.4. The molecule has 5 heteroatoms. The quantitative estimate of drug-likeness (QED) is 0.139. The van der Waals surface area contributed by atoms with E-state index in [-0.39, 0.29) is 44.1 Å². The second-order valence-electron chi connectivity index (χ2n) is 19.4. The van der Waals surface area contributed by atoms with Gasteiger partial charge in [0.1, 0.15) is 11.6 Å². The van der Waals surface area contributed by atoms with Crippen LogP contribution in [-0.4, -0.2) is 19.6 Å². The van der Waals surface area contributed by atoms with Crippen LogP contribution in [0.3, 0.4) is 0 Å². The van der Waals surface area contributed by atoms with Crippen LogP contribution < -0.4 is 0 Å². The molecule has 340 valence electrons. The number of pyridine rings is 1. The summed E-state index contributed by atoms with van der Waals surface area (Å²) in [7, 11) is 0. The average Bonchev–Trinajstić information content (AvgIpc) is 3.73. The summed E-state index contributed by atoms with van der Waals surface area (Å²) >= 11 is 0. The number of para-hydroxylation sites is 1. The van der Waals surface area contributed by atoms with E-state index < -0.39 is 12.7 Å². The Morgan fingerprint density at radius 3 is 2.01 bits per heavy atom. The van der Waals surface area contributed by atoms with Gasteiger partial charge in [0.2, 0.25) is 0 Å².